The van der Waals surface area contributed by atoms with Crippen molar-refractivity contribution in [2.75, 3.05) is 26.2 Å². The van der Waals surface area contributed by atoms with E-state index in [0.717, 1.165) is 18.5 Å². The minimum atomic E-state index is -3.43. The lowest BCUT2D eigenvalue weighted by molar-refractivity contribution is -0.00277. The summed E-state index contributed by atoms with van der Waals surface area (Å²) in [6, 6.07) is 7.17. The zero-order valence-corrected chi connectivity index (χ0v) is 13.5. The molecule has 1 unspecified atom stereocenters. The minimum Gasteiger partial charge on any atom is -0.375 e. The van der Waals surface area contributed by atoms with Crippen LogP contribution in [0.5, 0.6) is 0 Å². The molecule has 1 saturated heterocycles. The zero-order chi connectivity index (χ0) is 15.3. The van der Waals surface area contributed by atoms with Gasteiger partial charge in [-0.05, 0) is 30.7 Å². The van der Waals surface area contributed by atoms with Crippen molar-refractivity contribution < 1.29 is 13.2 Å². The van der Waals surface area contributed by atoms with Gasteiger partial charge in [-0.15, -0.1) is 0 Å². The van der Waals surface area contributed by atoms with Crippen LogP contribution in [0.2, 0.25) is 0 Å². The molecule has 118 valence electrons. The molecule has 2 rings (SSSR count). The van der Waals surface area contributed by atoms with Crippen LogP contribution < -0.4 is 5.32 Å². The third-order valence-electron chi connectivity index (χ3n) is 3.67. The lowest BCUT2D eigenvalue weighted by Crippen LogP contribution is -2.45. The van der Waals surface area contributed by atoms with Gasteiger partial charge in [-0.25, -0.2) is 8.42 Å². The van der Waals surface area contributed by atoms with Gasteiger partial charge in [0.1, 0.15) is 0 Å². The van der Waals surface area contributed by atoms with Crippen molar-refractivity contribution in [3.63, 3.8) is 0 Å². The number of hydrogen-bond donors (Lipinski definition) is 1. The van der Waals surface area contributed by atoms with E-state index >= 15 is 0 Å². The summed E-state index contributed by atoms with van der Waals surface area (Å²) < 4.78 is 32.5. The maximum Gasteiger partial charge on any atom is 0.243 e. The fourth-order valence-corrected chi connectivity index (χ4v) is 3.92. The molecule has 1 aliphatic rings. The van der Waals surface area contributed by atoms with Crippen LogP contribution in [0.15, 0.2) is 29.2 Å². The maximum absolute atomic E-state index is 12.7. The van der Waals surface area contributed by atoms with Gasteiger partial charge in [0.2, 0.25) is 10.0 Å². The fourth-order valence-electron chi connectivity index (χ4n) is 2.39. The Morgan fingerprint density at radius 2 is 2.19 bits per heavy atom. The minimum absolute atomic E-state index is 0.00142. The second-order valence-electron chi connectivity index (χ2n) is 5.19. The zero-order valence-electron chi connectivity index (χ0n) is 12.7. The number of rotatable bonds is 6. The van der Waals surface area contributed by atoms with Crippen LogP contribution in [0.3, 0.4) is 0 Å². The molecular formula is C15H24N2O3S. The van der Waals surface area contributed by atoms with Gasteiger partial charge in [0.15, 0.2) is 0 Å². The van der Waals surface area contributed by atoms with Crippen LogP contribution in [0, 0.1) is 0 Å². The average molecular weight is 312 g/mol. The Bertz CT molecular complexity index is 560. The van der Waals surface area contributed by atoms with Gasteiger partial charge >= 0.3 is 0 Å². The summed E-state index contributed by atoms with van der Waals surface area (Å²) in [5.41, 5.74) is 0.984. The number of ether oxygens (including phenoxy) is 1. The first-order valence-electron chi connectivity index (χ1n) is 7.49. The molecule has 21 heavy (non-hydrogen) atoms. The number of sulfonamides is 1. The first-order valence-corrected chi connectivity index (χ1v) is 8.93. The van der Waals surface area contributed by atoms with Crippen molar-refractivity contribution in [1.29, 1.82) is 0 Å². The van der Waals surface area contributed by atoms with Gasteiger partial charge in [0, 0.05) is 19.6 Å². The highest BCUT2D eigenvalue weighted by Gasteiger charge is 2.30. The number of benzene rings is 1. The van der Waals surface area contributed by atoms with E-state index in [4.69, 9.17) is 4.74 Å². The number of nitrogens with zero attached hydrogens (tertiary/aromatic N) is 1. The van der Waals surface area contributed by atoms with E-state index in [1.807, 2.05) is 19.9 Å². The lowest BCUT2D eigenvalue weighted by atomic mass is 10.2. The molecule has 1 N–H and O–H groups in total. The Balaban J connectivity index is 2.18. The van der Waals surface area contributed by atoms with E-state index in [9.17, 15) is 8.42 Å². The van der Waals surface area contributed by atoms with E-state index in [-0.39, 0.29) is 6.10 Å². The van der Waals surface area contributed by atoms with Crippen molar-refractivity contribution in [3.05, 3.63) is 29.8 Å². The quantitative estimate of drug-likeness (QED) is 0.867. The first-order chi connectivity index (χ1) is 10.1. The summed E-state index contributed by atoms with van der Waals surface area (Å²) in [7, 11) is -3.43. The second kappa shape index (κ2) is 7.35. The molecule has 1 aromatic rings. The van der Waals surface area contributed by atoms with Crippen LogP contribution in [0.25, 0.3) is 0 Å². The third-order valence-corrected chi connectivity index (χ3v) is 5.53. The molecule has 6 heteroatoms. The molecule has 0 spiro atoms. The first kappa shape index (κ1) is 16.4. The van der Waals surface area contributed by atoms with Crippen LogP contribution >= 0.6 is 0 Å². The van der Waals surface area contributed by atoms with E-state index in [0.29, 0.717) is 31.1 Å². The highest BCUT2D eigenvalue weighted by atomic mass is 32.2. The molecule has 1 heterocycles. The van der Waals surface area contributed by atoms with Crippen molar-refractivity contribution in [1.82, 2.24) is 9.62 Å². The van der Waals surface area contributed by atoms with Crippen LogP contribution in [-0.4, -0.2) is 45.1 Å². The summed E-state index contributed by atoms with van der Waals surface area (Å²) in [6.07, 6.45) is 0.824. The average Bonchev–Trinajstić information content (AvgIpc) is 2.53. The van der Waals surface area contributed by atoms with E-state index < -0.39 is 10.0 Å². The van der Waals surface area contributed by atoms with Gasteiger partial charge in [0.05, 0.1) is 17.6 Å². The van der Waals surface area contributed by atoms with Gasteiger partial charge in [0.25, 0.3) is 0 Å². The maximum atomic E-state index is 12.7. The Labute approximate surface area is 127 Å². The smallest absolute Gasteiger partial charge is 0.243 e. The Kier molecular flexibility index (Phi) is 5.75. The fraction of sp³-hybridized carbons (Fsp3) is 0.600. The molecule has 0 radical (unpaired) electrons. The normalized spacial score (nSPS) is 20.6. The summed E-state index contributed by atoms with van der Waals surface area (Å²) in [4.78, 5) is 0.370. The van der Waals surface area contributed by atoms with Crippen LogP contribution in [0.4, 0.5) is 0 Å². The van der Waals surface area contributed by atoms with Gasteiger partial charge < -0.3 is 10.1 Å². The number of morpholine rings is 1. The van der Waals surface area contributed by atoms with Gasteiger partial charge in [-0.3, -0.25) is 0 Å². The molecule has 0 aliphatic carbocycles. The van der Waals surface area contributed by atoms with Crippen molar-refractivity contribution >= 4 is 10.0 Å². The molecule has 0 aromatic heterocycles. The topological polar surface area (TPSA) is 58.6 Å². The summed E-state index contributed by atoms with van der Waals surface area (Å²) in [5, 5.41) is 3.21. The highest BCUT2D eigenvalue weighted by molar-refractivity contribution is 7.89. The van der Waals surface area contributed by atoms with Crippen LogP contribution in [0.1, 0.15) is 25.8 Å². The predicted octanol–water partition coefficient (Wildman–Crippen LogP) is 1.60. The summed E-state index contributed by atoms with van der Waals surface area (Å²) in [5.74, 6) is 0. The molecule has 1 fully saturated rings. The van der Waals surface area contributed by atoms with Crippen molar-refractivity contribution in [2.24, 2.45) is 0 Å². The largest absolute Gasteiger partial charge is 0.375 e. The van der Waals surface area contributed by atoms with Gasteiger partial charge in [-0.1, -0.05) is 26.0 Å². The molecule has 0 amide bonds. The summed E-state index contributed by atoms with van der Waals surface area (Å²) in [6.45, 7) is 6.91. The molecule has 5 nitrogen and oxygen atoms in total. The predicted molar refractivity (Wildman–Crippen MR) is 82.6 cm³/mol. The van der Waals surface area contributed by atoms with Crippen molar-refractivity contribution in [2.45, 2.75) is 37.8 Å². The molecular weight excluding hydrogens is 288 g/mol. The molecule has 0 saturated carbocycles. The van der Waals surface area contributed by atoms with E-state index in [2.05, 4.69) is 5.32 Å². The molecule has 1 aliphatic heterocycles. The standard InChI is InChI=1S/C15H24N2O3S/c1-3-14-12-17(8-9-20-14)21(18,19)15-7-5-6-13(10-15)11-16-4-2/h5-7,10,14,16H,3-4,8-9,11-12H2,1-2H3. The number of hydrogen-bond acceptors (Lipinski definition) is 4. The van der Waals surface area contributed by atoms with Crippen LogP contribution in [-0.2, 0) is 21.3 Å². The molecule has 1 aromatic carbocycles. The Morgan fingerprint density at radius 1 is 1.38 bits per heavy atom. The second-order valence-corrected chi connectivity index (χ2v) is 7.13. The summed E-state index contributed by atoms with van der Waals surface area (Å²) >= 11 is 0. The lowest BCUT2D eigenvalue weighted by Gasteiger charge is -2.31. The monoisotopic (exact) mass is 312 g/mol. The van der Waals surface area contributed by atoms with Gasteiger partial charge in [-0.2, -0.15) is 4.31 Å². The molecule has 0 bridgehead atoms. The SMILES string of the molecule is CCNCc1cccc(S(=O)(=O)N2CCOC(CC)C2)c1. The third kappa shape index (κ3) is 4.03. The molecule has 1 atom stereocenters. The van der Waals surface area contributed by atoms with E-state index in [1.54, 1.807) is 18.2 Å². The highest BCUT2D eigenvalue weighted by Crippen LogP contribution is 2.20. The Hall–Kier alpha value is -0.950. The van der Waals surface area contributed by atoms with Crippen molar-refractivity contribution in [3.8, 4) is 0 Å². The number of nitrogens with one attached hydrogen (secondary N) is 1. The Morgan fingerprint density at radius 3 is 2.90 bits per heavy atom. The van der Waals surface area contributed by atoms with E-state index in [1.165, 1.54) is 4.31 Å².